The molecule has 5 heteroatoms. The Labute approximate surface area is 129 Å². The topological polar surface area (TPSA) is 68.8 Å². The Balaban J connectivity index is 1.99. The van der Waals surface area contributed by atoms with Gasteiger partial charge in [-0.2, -0.15) is 0 Å². The van der Waals surface area contributed by atoms with Crippen LogP contribution < -0.4 is 11.1 Å². The Bertz CT molecular complexity index is 863. The van der Waals surface area contributed by atoms with Crippen molar-refractivity contribution in [2.75, 3.05) is 17.6 Å². The number of nitrogen functional groups attached to an aromatic ring is 1. The number of anilines is 2. The maximum Gasteiger partial charge on any atom is 0.146 e. The van der Waals surface area contributed by atoms with Gasteiger partial charge >= 0.3 is 0 Å². The van der Waals surface area contributed by atoms with E-state index in [1.54, 1.807) is 0 Å². The van der Waals surface area contributed by atoms with Gasteiger partial charge in [0.25, 0.3) is 0 Å². The zero-order chi connectivity index (χ0) is 15.3. The molecule has 0 unspecified atom stereocenters. The standard InChI is InChI=1S/C17H19N5/c1-10(2)22-8-13(15-16(18)20-9-21-17(15)22)12-4-3-11-5-6-19-14(11)7-12/h3-4,7-10,19H,5-6H2,1-2H3,(H2,18,20,21). The summed E-state index contributed by atoms with van der Waals surface area (Å²) in [5, 5.41) is 4.37. The molecule has 22 heavy (non-hydrogen) atoms. The second-order valence-corrected chi connectivity index (χ2v) is 6.05. The van der Waals surface area contributed by atoms with Gasteiger partial charge in [-0.05, 0) is 37.5 Å². The van der Waals surface area contributed by atoms with Crippen LogP contribution in [0.1, 0.15) is 25.5 Å². The number of hydrogen-bond acceptors (Lipinski definition) is 4. The molecular weight excluding hydrogens is 274 g/mol. The number of nitrogens with two attached hydrogens (primary N) is 1. The van der Waals surface area contributed by atoms with Crippen LogP contribution in [0.3, 0.4) is 0 Å². The molecule has 0 amide bonds. The van der Waals surface area contributed by atoms with Crippen LogP contribution in [0.2, 0.25) is 0 Å². The van der Waals surface area contributed by atoms with Gasteiger partial charge in [-0.15, -0.1) is 0 Å². The highest BCUT2D eigenvalue weighted by Crippen LogP contribution is 2.36. The summed E-state index contributed by atoms with van der Waals surface area (Å²) in [6.45, 7) is 5.30. The Hall–Kier alpha value is -2.56. The van der Waals surface area contributed by atoms with Crippen molar-refractivity contribution in [3.63, 3.8) is 0 Å². The molecule has 2 aromatic heterocycles. The number of nitrogens with one attached hydrogen (secondary N) is 1. The van der Waals surface area contributed by atoms with Crippen molar-refractivity contribution in [3.05, 3.63) is 36.3 Å². The summed E-state index contributed by atoms with van der Waals surface area (Å²) in [4.78, 5) is 8.61. The van der Waals surface area contributed by atoms with Crippen LogP contribution in [0.15, 0.2) is 30.7 Å². The van der Waals surface area contributed by atoms with Gasteiger partial charge in [0.2, 0.25) is 0 Å². The van der Waals surface area contributed by atoms with E-state index in [1.807, 2.05) is 0 Å². The molecule has 1 aliphatic heterocycles. The SMILES string of the molecule is CC(C)n1cc(-c2ccc3c(c2)NCC3)c2c(N)ncnc21. The number of nitrogens with zero attached hydrogens (tertiary/aromatic N) is 3. The smallest absolute Gasteiger partial charge is 0.146 e. The van der Waals surface area contributed by atoms with Gasteiger partial charge in [-0.3, -0.25) is 0 Å². The maximum atomic E-state index is 6.14. The van der Waals surface area contributed by atoms with Gasteiger partial charge in [0.05, 0.1) is 5.39 Å². The Kier molecular flexibility index (Phi) is 2.82. The predicted molar refractivity (Wildman–Crippen MR) is 90.0 cm³/mol. The quantitative estimate of drug-likeness (QED) is 0.761. The van der Waals surface area contributed by atoms with Crippen molar-refractivity contribution in [1.82, 2.24) is 14.5 Å². The minimum atomic E-state index is 0.318. The summed E-state index contributed by atoms with van der Waals surface area (Å²) < 4.78 is 2.16. The first kappa shape index (κ1) is 13.1. The van der Waals surface area contributed by atoms with Crippen molar-refractivity contribution in [3.8, 4) is 11.1 Å². The molecule has 0 spiro atoms. The van der Waals surface area contributed by atoms with Crippen LogP contribution in [0.5, 0.6) is 0 Å². The van der Waals surface area contributed by atoms with Gasteiger partial charge in [-0.1, -0.05) is 12.1 Å². The van der Waals surface area contributed by atoms with Crippen LogP contribution in [0.4, 0.5) is 11.5 Å². The van der Waals surface area contributed by atoms with Gasteiger partial charge in [0.15, 0.2) is 0 Å². The lowest BCUT2D eigenvalue weighted by Crippen LogP contribution is -2.00. The molecule has 0 bridgehead atoms. The monoisotopic (exact) mass is 293 g/mol. The molecule has 1 aliphatic rings. The largest absolute Gasteiger partial charge is 0.384 e. The zero-order valence-corrected chi connectivity index (χ0v) is 12.8. The third kappa shape index (κ3) is 1.85. The molecule has 3 aromatic rings. The number of aromatic nitrogens is 3. The summed E-state index contributed by atoms with van der Waals surface area (Å²) in [5.74, 6) is 0.535. The Morgan fingerprint density at radius 2 is 2.14 bits per heavy atom. The van der Waals surface area contributed by atoms with Crippen LogP contribution in [0, 0.1) is 0 Å². The minimum Gasteiger partial charge on any atom is -0.384 e. The summed E-state index contributed by atoms with van der Waals surface area (Å²) in [5.41, 5.74) is 11.9. The fraction of sp³-hybridized carbons (Fsp3) is 0.294. The van der Waals surface area contributed by atoms with E-state index < -0.39 is 0 Å². The predicted octanol–water partition coefficient (Wildman–Crippen LogP) is 3.23. The van der Waals surface area contributed by atoms with Crippen LogP contribution in [-0.4, -0.2) is 21.1 Å². The number of benzene rings is 1. The highest BCUT2D eigenvalue weighted by molar-refractivity contribution is 6.01. The van der Waals surface area contributed by atoms with Crippen LogP contribution >= 0.6 is 0 Å². The van der Waals surface area contributed by atoms with E-state index in [1.165, 1.54) is 17.6 Å². The lowest BCUT2D eigenvalue weighted by molar-refractivity contribution is 0.618. The summed E-state index contributed by atoms with van der Waals surface area (Å²) in [6.07, 6.45) is 4.76. The van der Waals surface area contributed by atoms with Crippen molar-refractivity contribution in [2.45, 2.75) is 26.3 Å². The van der Waals surface area contributed by atoms with E-state index in [0.717, 1.165) is 35.1 Å². The Morgan fingerprint density at radius 1 is 1.27 bits per heavy atom. The molecule has 1 aromatic carbocycles. The molecular formula is C17H19N5. The molecule has 4 rings (SSSR count). The van der Waals surface area contributed by atoms with E-state index in [-0.39, 0.29) is 0 Å². The van der Waals surface area contributed by atoms with E-state index in [2.05, 4.69) is 58.1 Å². The molecule has 0 saturated heterocycles. The second-order valence-electron chi connectivity index (χ2n) is 6.05. The van der Waals surface area contributed by atoms with Crippen molar-refractivity contribution in [2.24, 2.45) is 0 Å². The van der Waals surface area contributed by atoms with E-state index in [0.29, 0.717) is 11.9 Å². The zero-order valence-electron chi connectivity index (χ0n) is 12.8. The highest BCUT2D eigenvalue weighted by Gasteiger charge is 2.18. The molecule has 3 heterocycles. The number of fused-ring (bicyclic) bond motifs is 2. The molecule has 0 atom stereocenters. The summed E-state index contributed by atoms with van der Waals surface area (Å²) >= 11 is 0. The van der Waals surface area contributed by atoms with Crippen LogP contribution in [0.25, 0.3) is 22.2 Å². The van der Waals surface area contributed by atoms with E-state index in [4.69, 9.17) is 5.73 Å². The first-order valence-corrected chi connectivity index (χ1v) is 7.63. The minimum absolute atomic E-state index is 0.318. The molecule has 0 saturated carbocycles. The maximum absolute atomic E-state index is 6.14. The number of rotatable bonds is 2. The van der Waals surface area contributed by atoms with Crippen molar-refractivity contribution in [1.29, 1.82) is 0 Å². The average molecular weight is 293 g/mol. The normalized spacial score (nSPS) is 13.6. The lowest BCUT2D eigenvalue weighted by atomic mass is 10.0. The van der Waals surface area contributed by atoms with Gasteiger partial charge < -0.3 is 15.6 Å². The molecule has 3 N–H and O–H groups in total. The molecule has 0 aliphatic carbocycles. The van der Waals surface area contributed by atoms with Crippen molar-refractivity contribution >= 4 is 22.5 Å². The first-order chi connectivity index (χ1) is 10.6. The van der Waals surface area contributed by atoms with E-state index >= 15 is 0 Å². The third-order valence-corrected chi connectivity index (χ3v) is 4.33. The van der Waals surface area contributed by atoms with E-state index in [9.17, 15) is 0 Å². The fourth-order valence-electron chi connectivity index (χ4n) is 3.18. The van der Waals surface area contributed by atoms with Gasteiger partial charge in [-0.25, -0.2) is 9.97 Å². The van der Waals surface area contributed by atoms with Crippen molar-refractivity contribution < 1.29 is 0 Å². The molecule has 112 valence electrons. The Morgan fingerprint density at radius 3 is 2.95 bits per heavy atom. The highest BCUT2D eigenvalue weighted by atomic mass is 15.1. The van der Waals surface area contributed by atoms with Gasteiger partial charge in [0, 0.05) is 30.0 Å². The van der Waals surface area contributed by atoms with Crippen LogP contribution in [-0.2, 0) is 6.42 Å². The molecule has 5 nitrogen and oxygen atoms in total. The second kappa shape index (κ2) is 4.73. The fourth-order valence-corrected chi connectivity index (χ4v) is 3.18. The average Bonchev–Trinajstić information content (AvgIpc) is 3.11. The third-order valence-electron chi connectivity index (χ3n) is 4.33. The lowest BCUT2D eigenvalue weighted by Gasteiger charge is -2.07. The molecule has 0 fully saturated rings. The van der Waals surface area contributed by atoms with Gasteiger partial charge in [0.1, 0.15) is 17.8 Å². The summed E-state index contributed by atoms with van der Waals surface area (Å²) in [7, 11) is 0. The molecule has 0 radical (unpaired) electrons. The summed E-state index contributed by atoms with van der Waals surface area (Å²) in [6, 6.07) is 6.88. The first-order valence-electron chi connectivity index (χ1n) is 7.63. The number of hydrogen-bond donors (Lipinski definition) is 2.